The van der Waals surface area contributed by atoms with Crippen LogP contribution in [0.4, 0.5) is 5.69 Å². The summed E-state index contributed by atoms with van der Waals surface area (Å²) >= 11 is 7.15. The molecule has 3 aromatic rings. The van der Waals surface area contributed by atoms with E-state index in [4.69, 9.17) is 26.8 Å². The average Bonchev–Trinajstić information content (AvgIpc) is 2.99. The number of hydrogen-bond donors (Lipinski definition) is 1. The normalized spacial score (nSPS) is 10.4. The van der Waals surface area contributed by atoms with Gasteiger partial charge in [-0.25, -0.2) is 4.79 Å². The van der Waals surface area contributed by atoms with Gasteiger partial charge < -0.3 is 15.2 Å². The quantitative estimate of drug-likeness (QED) is 0.648. The molecule has 2 aromatic carbocycles. The topological polar surface area (TPSA) is 61.5 Å². The van der Waals surface area contributed by atoms with Gasteiger partial charge in [-0.15, -0.1) is 11.3 Å². The smallest absolute Gasteiger partial charge is 0.350 e. The van der Waals surface area contributed by atoms with Crippen LogP contribution in [-0.4, -0.2) is 13.1 Å². The van der Waals surface area contributed by atoms with E-state index in [1.807, 2.05) is 24.3 Å². The molecule has 0 aliphatic heterocycles. The number of anilines is 1. The van der Waals surface area contributed by atoms with Gasteiger partial charge in [-0.3, -0.25) is 0 Å². The fourth-order valence-electron chi connectivity index (χ4n) is 2.13. The van der Waals surface area contributed by atoms with Crippen LogP contribution in [0, 0.1) is 0 Å². The highest BCUT2D eigenvalue weighted by molar-refractivity contribution is 7.18. The number of benzene rings is 2. The van der Waals surface area contributed by atoms with Crippen molar-refractivity contribution in [2.24, 2.45) is 0 Å². The first kappa shape index (κ1) is 16.4. The van der Waals surface area contributed by atoms with Crippen molar-refractivity contribution in [3.05, 3.63) is 64.5 Å². The van der Waals surface area contributed by atoms with Crippen LogP contribution in [0.2, 0.25) is 5.02 Å². The van der Waals surface area contributed by atoms with Crippen molar-refractivity contribution in [2.75, 3.05) is 12.8 Å². The maximum Gasteiger partial charge on any atom is 0.350 e. The number of carbonyl (C=O) groups excluding carboxylic acids is 1. The average molecular weight is 360 g/mol. The van der Waals surface area contributed by atoms with Gasteiger partial charge in [-0.2, -0.15) is 0 Å². The summed E-state index contributed by atoms with van der Waals surface area (Å²) in [5.74, 6) is 0.991. The van der Waals surface area contributed by atoms with E-state index in [0.717, 1.165) is 10.4 Å². The molecule has 0 unspecified atom stereocenters. The molecular weight excluding hydrogens is 346 g/mol. The molecule has 0 saturated carbocycles. The Kier molecular flexibility index (Phi) is 4.74. The summed E-state index contributed by atoms with van der Waals surface area (Å²) in [5, 5.41) is 0.661. The minimum Gasteiger partial charge on any atom is -0.465 e. The van der Waals surface area contributed by atoms with Crippen LogP contribution < -0.4 is 10.5 Å². The van der Waals surface area contributed by atoms with Gasteiger partial charge >= 0.3 is 5.97 Å². The number of halogens is 1. The third-order valence-corrected chi connectivity index (χ3v) is 4.75. The predicted molar refractivity (Wildman–Crippen MR) is 97.0 cm³/mol. The summed E-state index contributed by atoms with van der Waals surface area (Å²) in [6.07, 6.45) is 0. The SMILES string of the molecule is COC(=O)c1sc(-c2ccc(Oc3ccc(Cl)cc3)cc2)cc1N. The number of ether oxygens (including phenoxy) is 2. The van der Waals surface area contributed by atoms with Crippen molar-refractivity contribution >= 4 is 34.6 Å². The van der Waals surface area contributed by atoms with Gasteiger partial charge in [0.1, 0.15) is 16.4 Å². The number of hydrogen-bond acceptors (Lipinski definition) is 5. The molecule has 0 amide bonds. The summed E-state index contributed by atoms with van der Waals surface area (Å²) in [7, 11) is 1.34. The Bertz CT molecular complexity index is 857. The predicted octanol–water partition coefficient (Wildman–Crippen LogP) is 5.23. The zero-order chi connectivity index (χ0) is 17.1. The Hall–Kier alpha value is -2.50. The van der Waals surface area contributed by atoms with Crippen LogP contribution in [-0.2, 0) is 4.74 Å². The van der Waals surface area contributed by atoms with Crippen molar-refractivity contribution in [2.45, 2.75) is 0 Å². The maximum atomic E-state index is 11.6. The fraction of sp³-hybridized carbons (Fsp3) is 0.0556. The van der Waals surface area contributed by atoms with Crippen molar-refractivity contribution in [1.29, 1.82) is 0 Å². The molecule has 1 heterocycles. The van der Waals surface area contributed by atoms with E-state index < -0.39 is 5.97 Å². The molecule has 0 aliphatic carbocycles. The second kappa shape index (κ2) is 6.95. The van der Waals surface area contributed by atoms with Crippen LogP contribution in [0.5, 0.6) is 11.5 Å². The molecule has 24 heavy (non-hydrogen) atoms. The Morgan fingerprint density at radius 1 is 1.04 bits per heavy atom. The van der Waals surface area contributed by atoms with Crippen LogP contribution in [0.1, 0.15) is 9.67 Å². The third-order valence-electron chi connectivity index (χ3n) is 3.32. The van der Waals surface area contributed by atoms with Gasteiger partial charge in [0, 0.05) is 9.90 Å². The lowest BCUT2D eigenvalue weighted by Crippen LogP contribution is -2.00. The van der Waals surface area contributed by atoms with E-state index in [-0.39, 0.29) is 0 Å². The molecule has 2 N–H and O–H groups in total. The number of nitrogen functional groups attached to an aromatic ring is 1. The molecular formula is C18H14ClNO3S. The van der Waals surface area contributed by atoms with Crippen molar-refractivity contribution < 1.29 is 14.3 Å². The first-order valence-electron chi connectivity index (χ1n) is 7.08. The van der Waals surface area contributed by atoms with Gasteiger partial charge in [0.2, 0.25) is 0 Å². The van der Waals surface area contributed by atoms with E-state index in [1.54, 1.807) is 30.3 Å². The van der Waals surface area contributed by atoms with Crippen LogP contribution in [0.15, 0.2) is 54.6 Å². The summed E-state index contributed by atoms with van der Waals surface area (Å²) in [4.78, 5) is 12.9. The molecule has 0 fully saturated rings. The van der Waals surface area contributed by atoms with E-state index in [2.05, 4.69) is 0 Å². The maximum absolute atomic E-state index is 11.6. The van der Waals surface area contributed by atoms with E-state index in [1.165, 1.54) is 18.4 Å². The fourth-order valence-corrected chi connectivity index (χ4v) is 3.25. The lowest BCUT2D eigenvalue weighted by molar-refractivity contribution is 0.0607. The number of esters is 1. The number of rotatable bonds is 4. The zero-order valence-electron chi connectivity index (χ0n) is 12.8. The Morgan fingerprint density at radius 3 is 2.21 bits per heavy atom. The van der Waals surface area contributed by atoms with Gasteiger partial charge in [0.05, 0.1) is 12.8 Å². The summed E-state index contributed by atoms with van der Waals surface area (Å²) < 4.78 is 10.5. The molecule has 0 atom stereocenters. The lowest BCUT2D eigenvalue weighted by atomic mass is 10.2. The molecule has 0 radical (unpaired) electrons. The second-order valence-electron chi connectivity index (χ2n) is 4.97. The highest BCUT2D eigenvalue weighted by Gasteiger charge is 2.15. The largest absolute Gasteiger partial charge is 0.465 e. The molecule has 0 saturated heterocycles. The monoisotopic (exact) mass is 359 g/mol. The molecule has 0 spiro atoms. The molecule has 0 aliphatic rings. The summed E-state index contributed by atoms with van der Waals surface area (Å²) in [6, 6.07) is 16.5. The molecule has 3 rings (SSSR count). The van der Waals surface area contributed by atoms with Gasteiger partial charge in [-0.05, 0) is 60.2 Å². The Balaban J connectivity index is 1.79. The van der Waals surface area contributed by atoms with E-state index in [0.29, 0.717) is 27.1 Å². The number of methoxy groups -OCH3 is 1. The van der Waals surface area contributed by atoms with E-state index in [9.17, 15) is 4.79 Å². The number of carbonyl (C=O) groups is 1. The Labute approximate surface area is 148 Å². The first-order valence-corrected chi connectivity index (χ1v) is 8.28. The van der Waals surface area contributed by atoms with Crippen molar-refractivity contribution in [1.82, 2.24) is 0 Å². The number of nitrogens with two attached hydrogens (primary N) is 1. The minimum atomic E-state index is -0.425. The van der Waals surface area contributed by atoms with Crippen LogP contribution >= 0.6 is 22.9 Å². The summed E-state index contributed by atoms with van der Waals surface area (Å²) in [6.45, 7) is 0. The number of thiophene rings is 1. The first-order chi connectivity index (χ1) is 11.6. The van der Waals surface area contributed by atoms with Crippen molar-refractivity contribution in [3.8, 4) is 21.9 Å². The molecule has 4 nitrogen and oxygen atoms in total. The highest BCUT2D eigenvalue weighted by atomic mass is 35.5. The highest BCUT2D eigenvalue weighted by Crippen LogP contribution is 2.35. The Morgan fingerprint density at radius 2 is 1.62 bits per heavy atom. The van der Waals surface area contributed by atoms with Crippen molar-refractivity contribution in [3.63, 3.8) is 0 Å². The van der Waals surface area contributed by atoms with Gasteiger partial charge in [0.25, 0.3) is 0 Å². The summed E-state index contributed by atoms with van der Waals surface area (Å²) in [5.41, 5.74) is 7.24. The molecule has 6 heteroatoms. The van der Waals surface area contributed by atoms with Crippen LogP contribution in [0.25, 0.3) is 10.4 Å². The second-order valence-corrected chi connectivity index (χ2v) is 6.46. The molecule has 122 valence electrons. The molecule has 1 aromatic heterocycles. The zero-order valence-corrected chi connectivity index (χ0v) is 14.4. The van der Waals surface area contributed by atoms with Crippen LogP contribution in [0.3, 0.4) is 0 Å². The molecule has 0 bridgehead atoms. The standard InChI is InChI=1S/C18H14ClNO3S/c1-22-18(21)17-15(20)10-16(24-17)11-2-6-13(7-3-11)23-14-8-4-12(19)5-9-14/h2-10H,20H2,1H3. The lowest BCUT2D eigenvalue weighted by Gasteiger charge is -2.06. The van der Waals surface area contributed by atoms with Gasteiger partial charge in [0.15, 0.2) is 0 Å². The van der Waals surface area contributed by atoms with E-state index >= 15 is 0 Å². The third kappa shape index (κ3) is 3.53. The van der Waals surface area contributed by atoms with Gasteiger partial charge in [-0.1, -0.05) is 11.6 Å². The minimum absolute atomic E-state index is 0.411.